The van der Waals surface area contributed by atoms with Crippen LogP contribution in [-0.2, 0) is 6.18 Å². The van der Waals surface area contributed by atoms with Crippen molar-refractivity contribution in [1.82, 2.24) is 5.32 Å². The van der Waals surface area contributed by atoms with Crippen LogP contribution in [0.5, 0.6) is 0 Å². The number of benzene rings is 3. The maximum Gasteiger partial charge on any atom is 0.416 e. The molecule has 0 heterocycles. The zero-order chi connectivity index (χ0) is 18.6. The van der Waals surface area contributed by atoms with E-state index in [0.717, 1.165) is 17.7 Å². The second kappa shape index (κ2) is 7.75. The van der Waals surface area contributed by atoms with Gasteiger partial charge in [0.2, 0.25) is 0 Å². The molecule has 134 valence electrons. The molecule has 3 aromatic rings. The van der Waals surface area contributed by atoms with Crippen molar-refractivity contribution in [3.05, 3.63) is 89.5 Å². The van der Waals surface area contributed by atoms with E-state index in [2.05, 4.69) is 36.5 Å². The van der Waals surface area contributed by atoms with Crippen molar-refractivity contribution in [1.29, 1.82) is 0 Å². The first kappa shape index (κ1) is 18.2. The second-order valence-corrected chi connectivity index (χ2v) is 6.22. The molecular formula is C22H20F3N. The van der Waals surface area contributed by atoms with Crippen molar-refractivity contribution < 1.29 is 13.2 Å². The fourth-order valence-corrected chi connectivity index (χ4v) is 2.96. The van der Waals surface area contributed by atoms with Gasteiger partial charge >= 0.3 is 6.18 Å². The molecule has 1 N–H and O–H groups in total. The molecule has 0 bridgehead atoms. The zero-order valence-corrected chi connectivity index (χ0v) is 14.4. The molecule has 0 saturated carbocycles. The number of halogens is 3. The van der Waals surface area contributed by atoms with Crippen LogP contribution in [0.1, 0.15) is 29.7 Å². The molecular weight excluding hydrogens is 335 g/mol. The van der Waals surface area contributed by atoms with Gasteiger partial charge in [-0.15, -0.1) is 0 Å². The van der Waals surface area contributed by atoms with E-state index in [-0.39, 0.29) is 6.04 Å². The van der Waals surface area contributed by atoms with Crippen LogP contribution >= 0.6 is 0 Å². The zero-order valence-electron chi connectivity index (χ0n) is 14.4. The third kappa shape index (κ3) is 4.33. The van der Waals surface area contributed by atoms with Crippen LogP contribution in [0.4, 0.5) is 13.2 Å². The van der Waals surface area contributed by atoms with Crippen LogP contribution in [0.25, 0.3) is 16.8 Å². The quantitative estimate of drug-likeness (QED) is 0.573. The number of alkyl halides is 3. The van der Waals surface area contributed by atoms with E-state index in [1.54, 1.807) is 0 Å². The lowest BCUT2D eigenvalue weighted by atomic mass is 10.00. The van der Waals surface area contributed by atoms with Gasteiger partial charge in [-0.25, -0.2) is 0 Å². The van der Waals surface area contributed by atoms with Gasteiger partial charge in [0, 0.05) is 12.6 Å². The third-order valence-corrected chi connectivity index (χ3v) is 4.38. The Morgan fingerprint density at radius 2 is 1.62 bits per heavy atom. The number of hydrogen-bond acceptors (Lipinski definition) is 1. The van der Waals surface area contributed by atoms with Crippen LogP contribution < -0.4 is 5.32 Å². The molecule has 1 atom stereocenters. The van der Waals surface area contributed by atoms with Gasteiger partial charge in [-0.3, -0.25) is 0 Å². The summed E-state index contributed by atoms with van der Waals surface area (Å²) in [5, 5.41) is 5.86. The molecule has 0 unspecified atom stereocenters. The smallest absolute Gasteiger partial charge is 0.307 e. The maximum absolute atomic E-state index is 12.6. The van der Waals surface area contributed by atoms with Gasteiger partial charge in [0.05, 0.1) is 5.56 Å². The largest absolute Gasteiger partial charge is 0.416 e. The highest BCUT2D eigenvalue weighted by molar-refractivity contribution is 5.86. The predicted molar refractivity (Wildman–Crippen MR) is 101 cm³/mol. The van der Waals surface area contributed by atoms with Crippen molar-refractivity contribution in [2.75, 3.05) is 6.54 Å². The second-order valence-electron chi connectivity index (χ2n) is 6.22. The van der Waals surface area contributed by atoms with Gasteiger partial charge in [0.25, 0.3) is 0 Å². The summed E-state index contributed by atoms with van der Waals surface area (Å²) in [5.74, 6) is 0. The first-order valence-corrected chi connectivity index (χ1v) is 8.50. The lowest BCUT2D eigenvalue weighted by Crippen LogP contribution is -2.18. The minimum atomic E-state index is -4.29. The number of nitrogens with one attached hydrogen (secondary N) is 1. The SMILES string of the molecule is C[C@@H](NC/C=C/c1ccc(C(F)(F)F)cc1)c1cccc2ccccc12. The van der Waals surface area contributed by atoms with E-state index in [0.29, 0.717) is 6.54 Å². The minimum Gasteiger partial charge on any atom is -0.307 e. The van der Waals surface area contributed by atoms with Crippen LogP contribution in [0.15, 0.2) is 72.8 Å². The van der Waals surface area contributed by atoms with Gasteiger partial charge in [0.15, 0.2) is 0 Å². The maximum atomic E-state index is 12.6. The summed E-state index contributed by atoms with van der Waals surface area (Å²) < 4.78 is 37.7. The minimum absolute atomic E-state index is 0.165. The first-order valence-electron chi connectivity index (χ1n) is 8.50. The topological polar surface area (TPSA) is 12.0 Å². The Balaban J connectivity index is 1.61. The molecule has 3 aromatic carbocycles. The molecule has 0 radical (unpaired) electrons. The lowest BCUT2D eigenvalue weighted by molar-refractivity contribution is -0.137. The number of rotatable bonds is 5. The summed E-state index contributed by atoms with van der Waals surface area (Å²) in [6.07, 6.45) is -0.551. The average Bonchev–Trinajstić information content (AvgIpc) is 2.64. The monoisotopic (exact) mass is 355 g/mol. The summed E-state index contributed by atoms with van der Waals surface area (Å²) >= 11 is 0. The average molecular weight is 355 g/mol. The first-order chi connectivity index (χ1) is 12.4. The van der Waals surface area contributed by atoms with Crippen LogP contribution in [-0.4, -0.2) is 6.54 Å². The van der Waals surface area contributed by atoms with Crippen LogP contribution in [0, 0.1) is 0 Å². The van der Waals surface area contributed by atoms with Gasteiger partial charge in [-0.1, -0.05) is 66.7 Å². The Morgan fingerprint density at radius 1 is 0.923 bits per heavy atom. The molecule has 0 aliphatic heterocycles. The van der Waals surface area contributed by atoms with Gasteiger partial charge in [-0.05, 0) is 41.0 Å². The molecule has 0 aliphatic carbocycles. The van der Waals surface area contributed by atoms with Gasteiger partial charge < -0.3 is 5.32 Å². The fourth-order valence-electron chi connectivity index (χ4n) is 2.96. The summed E-state index contributed by atoms with van der Waals surface area (Å²) in [6.45, 7) is 2.74. The van der Waals surface area contributed by atoms with Crippen molar-refractivity contribution in [2.45, 2.75) is 19.1 Å². The lowest BCUT2D eigenvalue weighted by Gasteiger charge is -2.15. The highest BCUT2D eigenvalue weighted by atomic mass is 19.4. The number of hydrogen-bond donors (Lipinski definition) is 1. The third-order valence-electron chi connectivity index (χ3n) is 4.38. The summed E-state index contributed by atoms with van der Waals surface area (Å²) in [5.41, 5.74) is 1.35. The Labute approximate surface area is 151 Å². The Kier molecular flexibility index (Phi) is 5.43. The van der Waals surface area contributed by atoms with E-state index in [1.807, 2.05) is 30.4 Å². The predicted octanol–water partition coefficient (Wildman–Crippen LogP) is 6.22. The molecule has 0 amide bonds. The van der Waals surface area contributed by atoms with Crippen molar-refractivity contribution in [3.63, 3.8) is 0 Å². The molecule has 1 nitrogen and oxygen atoms in total. The van der Waals surface area contributed by atoms with Crippen LogP contribution in [0.2, 0.25) is 0 Å². The molecule has 0 aliphatic rings. The molecule has 0 saturated heterocycles. The molecule has 0 fully saturated rings. The van der Waals surface area contributed by atoms with Crippen molar-refractivity contribution >= 4 is 16.8 Å². The Bertz CT molecular complexity index is 890. The fraction of sp³-hybridized carbons (Fsp3) is 0.182. The van der Waals surface area contributed by atoms with E-state index < -0.39 is 11.7 Å². The van der Waals surface area contributed by atoms with E-state index >= 15 is 0 Å². The molecule has 0 spiro atoms. The van der Waals surface area contributed by atoms with E-state index in [4.69, 9.17) is 0 Å². The summed E-state index contributed by atoms with van der Waals surface area (Å²) in [6, 6.07) is 19.8. The van der Waals surface area contributed by atoms with Crippen molar-refractivity contribution in [2.24, 2.45) is 0 Å². The van der Waals surface area contributed by atoms with E-state index in [9.17, 15) is 13.2 Å². The molecule has 0 aromatic heterocycles. The summed E-state index contributed by atoms with van der Waals surface area (Å²) in [4.78, 5) is 0. The molecule has 3 rings (SSSR count). The Morgan fingerprint density at radius 3 is 2.35 bits per heavy atom. The van der Waals surface area contributed by atoms with Crippen molar-refractivity contribution in [3.8, 4) is 0 Å². The van der Waals surface area contributed by atoms with Crippen LogP contribution in [0.3, 0.4) is 0 Å². The summed E-state index contributed by atoms with van der Waals surface area (Å²) in [7, 11) is 0. The molecule has 4 heteroatoms. The standard InChI is InChI=1S/C22H20F3N/c1-16(20-10-4-8-18-7-2-3-9-21(18)20)26-15-5-6-17-11-13-19(14-12-17)22(23,24)25/h2-14,16,26H,15H2,1H3/b6-5+/t16-/m1/s1. The molecule has 26 heavy (non-hydrogen) atoms. The van der Waals surface area contributed by atoms with E-state index in [1.165, 1.54) is 28.5 Å². The Hall–Kier alpha value is -2.59. The van der Waals surface area contributed by atoms with Gasteiger partial charge in [-0.2, -0.15) is 13.2 Å². The normalized spacial score (nSPS) is 13.4. The highest BCUT2D eigenvalue weighted by Crippen LogP contribution is 2.29. The number of fused-ring (bicyclic) bond motifs is 1. The highest BCUT2D eigenvalue weighted by Gasteiger charge is 2.29. The van der Waals surface area contributed by atoms with Gasteiger partial charge in [0.1, 0.15) is 0 Å².